The van der Waals surface area contributed by atoms with E-state index >= 15 is 0 Å². The first-order chi connectivity index (χ1) is 9.27. The second kappa shape index (κ2) is 6.94. The first-order valence-corrected chi connectivity index (χ1v) is 18.1. The van der Waals surface area contributed by atoms with Gasteiger partial charge in [-0.15, -0.1) is 0 Å². The molecule has 0 aliphatic carbocycles. The Hall–Kier alpha value is 0.491. The lowest BCUT2D eigenvalue weighted by molar-refractivity contribution is -0.131. The fourth-order valence-corrected chi connectivity index (χ4v) is 5.74. The molecule has 0 spiro atoms. The topological polar surface area (TPSA) is 36.9 Å². The van der Waals surface area contributed by atoms with E-state index in [4.69, 9.17) is 18.0 Å². The maximum Gasteiger partial charge on any atom is 0.184 e. The minimum absolute atomic E-state index is 0.00140. The van der Waals surface area contributed by atoms with Crippen LogP contribution in [0.3, 0.4) is 0 Å². The Morgan fingerprint density at radius 1 is 0.619 bits per heavy atom. The summed E-state index contributed by atoms with van der Waals surface area (Å²) in [5.74, 6) is 0. The van der Waals surface area contributed by atoms with E-state index < -0.39 is 25.0 Å². The fourth-order valence-electron chi connectivity index (χ4n) is 2.40. The highest BCUT2D eigenvalue weighted by molar-refractivity contribution is 6.70. The van der Waals surface area contributed by atoms with Gasteiger partial charge in [0.05, 0.1) is 31.5 Å². The summed E-state index contributed by atoms with van der Waals surface area (Å²) in [6.07, 6.45) is 0.000787. The predicted molar refractivity (Wildman–Crippen MR) is 95.5 cm³/mol. The van der Waals surface area contributed by atoms with E-state index in [2.05, 4.69) is 58.9 Å². The molecular formula is C14H34O4Si3. The van der Waals surface area contributed by atoms with Gasteiger partial charge >= 0.3 is 0 Å². The molecular weight excluding hydrogens is 316 g/mol. The second-order valence-electron chi connectivity index (χ2n) is 8.77. The van der Waals surface area contributed by atoms with E-state index in [0.717, 1.165) is 0 Å². The van der Waals surface area contributed by atoms with Crippen molar-refractivity contribution in [2.75, 3.05) is 13.2 Å². The van der Waals surface area contributed by atoms with Gasteiger partial charge in [-0.05, 0) is 58.9 Å². The summed E-state index contributed by atoms with van der Waals surface area (Å²) in [5, 5.41) is 0. The molecule has 0 bridgehead atoms. The number of hydrogen-bond acceptors (Lipinski definition) is 4. The van der Waals surface area contributed by atoms with Crippen LogP contribution >= 0.6 is 0 Å². The standard InChI is InChI=1S/C14H34O4Si3/c1-19(2,3)16-12-10-15-11-13(17-20(4,5)6)14(12)18-21(7,8)9/h12-14H,10-11H2,1-9H3/t12-,13+,14?. The highest BCUT2D eigenvalue weighted by atomic mass is 28.4. The van der Waals surface area contributed by atoms with Crippen LogP contribution in [-0.4, -0.2) is 56.5 Å². The van der Waals surface area contributed by atoms with Gasteiger partial charge in [-0.2, -0.15) is 0 Å². The summed E-state index contributed by atoms with van der Waals surface area (Å²) in [4.78, 5) is 0. The van der Waals surface area contributed by atoms with Crippen LogP contribution in [0.4, 0.5) is 0 Å². The molecule has 1 heterocycles. The Morgan fingerprint density at radius 2 is 0.952 bits per heavy atom. The highest BCUT2D eigenvalue weighted by Crippen LogP contribution is 2.26. The largest absolute Gasteiger partial charge is 0.410 e. The molecule has 7 heteroatoms. The van der Waals surface area contributed by atoms with Crippen molar-refractivity contribution >= 4 is 25.0 Å². The van der Waals surface area contributed by atoms with E-state index in [1.54, 1.807) is 0 Å². The van der Waals surface area contributed by atoms with Crippen molar-refractivity contribution in [3.05, 3.63) is 0 Å². The Bertz CT molecular complexity index is 307. The molecule has 1 rings (SSSR count). The molecule has 1 fully saturated rings. The molecule has 0 N–H and O–H groups in total. The lowest BCUT2D eigenvalue weighted by Gasteiger charge is -2.44. The van der Waals surface area contributed by atoms with Gasteiger partial charge in [0.1, 0.15) is 0 Å². The van der Waals surface area contributed by atoms with Crippen molar-refractivity contribution in [2.24, 2.45) is 0 Å². The van der Waals surface area contributed by atoms with Crippen LogP contribution in [0.25, 0.3) is 0 Å². The van der Waals surface area contributed by atoms with E-state index in [0.29, 0.717) is 13.2 Å². The third-order valence-corrected chi connectivity index (χ3v) is 5.80. The highest BCUT2D eigenvalue weighted by Gasteiger charge is 2.42. The molecule has 126 valence electrons. The normalized spacial score (nSPS) is 28.7. The first-order valence-electron chi connectivity index (χ1n) is 7.88. The molecule has 0 amide bonds. The maximum absolute atomic E-state index is 6.45. The van der Waals surface area contributed by atoms with Crippen LogP contribution in [0.1, 0.15) is 0 Å². The van der Waals surface area contributed by atoms with E-state index in [9.17, 15) is 0 Å². The van der Waals surface area contributed by atoms with Crippen molar-refractivity contribution < 1.29 is 18.0 Å². The predicted octanol–water partition coefficient (Wildman–Crippen LogP) is 3.68. The SMILES string of the molecule is C[Si](C)(C)OC1[C@@H](O[Si](C)(C)C)COC[C@H]1O[Si](C)(C)C. The molecule has 21 heavy (non-hydrogen) atoms. The monoisotopic (exact) mass is 350 g/mol. The summed E-state index contributed by atoms with van der Waals surface area (Å²) in [5.41, 5.74) is 0. The van der Waals surface area contributed by atoms with E-state index in [1.165, 1.54) is 0 Å². The zero-order chi connectivity index (χ0) is 16.5. The molecule has 0 aromatic heterocycles. The summed E-state index contributed by atoms with van der Waals surface area (Å²) >= 11 is 0. The van der Waals surface area contributed by atoms with Crippen LogP contribution in [0.5, 0.6) is 0 Å². The van der Waals surface area contributed by atoms with Crippen LogP contribution in [0, 0.1) is 0 Å². The third kappa shape index (κ3) is 8.06. The van der Waals surface area contributed by atoms with Gasteiger partial charge in [-0.3, -0.25) is 0 Å². The molecule has 4 nitrogen and oxygen atoms in total. The number of hydrogen-bond donors (Lipinski definition) is 0. The van der Waals surface area contributed by atoms with Crippen molar-refractivity contribution in [3.8, 4) is 0 Å². The Morgan fingerprint density at radius 3 is 1.24 bits per heavy atom. The lowest BCUT2D eigenvalue weighted by Crippen LogP contribution is -2.58. The molecule has 0 aromatic carbocycles. The fraction of sp³-hybridized carbons (Fsp3) is 1.00. The van der Waals surface area contributed by atoms with Crippen molar-refractivity contribution in [1.29, 1.82) is 0 Å². The summed E-state index contributed by atoms with van der Waals surface area (Å²) in [6, 6.07) is 0. The molecule has 0 aromatic rings. The van der Waals surface area contributed by atoms with Gasteiger partial charge < -0.3 is 18.0 Å². The van der Waals surface area contributed by atoms with Crippen LogP contribution in [0.2, 0.25) is 58.9 Å². The number of ether oxygens (including phenoxy) is 1. The Balaban J connectivity index is 2.90. The van der Waals surface area contributed by atoms with E-state index in [1.807, 2.05) is 0 Å². The van der Waals surface area contributed by atoms with Crippen LogP contribution < -0.4 is 0 Å². The van der Waals surface area contributed by atoms with E-state index in [-0.39, 0.29) is 18.3 Å². The smallest absolute Gasteiger partial charge is 0.184 e. The van der Waals surface area contributed by atoms with Crippen molar-refractivity contribution in [2.45, 2.75) is 77.2 Å². The number of rotatable bonds is 6. The molecule has 3 atom stereocenters. The average Bonchev–Trinajstić information content (AvgIpc) is 2.16. The molecule has 1 unspecified atom stereocenters. The zero-order valence-corrected chi connectivity index (χ0v) is 18.3. The van der Waals surface area contributed by atoms with Gasteiger partial charge in [-0.25, -0.2) is 0 Å². The minimum atomic E-state index is -1.66. The van der Waals surface area contributed by atoms with Gasteiger partial charge in [0, 0.05) is 0 Å². The zero-order valence-electron chi connectivity index (χ0n) is 15.3. The minimum Gasteiger partial charge on any atom is -0.410 e. The molecule has 1 aliphatic rings. The maximum atomic E-state index is 6.45. The van der Waals surface area contributed by atoms with Crippen LogP contribution in [0.15, 0.2) is 0 Å². The van der Waals surface area contributed by atoms with Gasteiger partial charge in [-0.1, -0.05) is 0 Å². The lowest BCUT2D eigenvalue weighted by atomic mass is 10.1. The van der Waals surface area contributed by atoms with Gasteiger partial charge in [0.2, 0.25) is 0 Å². The van der Waals surface area contributed by atoms with Gasteiger partial charge in [0.25, 0.3) is 0 Å². The Labute approximate surface area is 133 Å². The van der Waals surface area contributed by atoms with Crippen LogP contribution in [-0.2, 0) is 18.0 Å². The summed E-state index contributed by atoms with van der Waals surface area (Å²) in [7, 11) is -4.94. The van der Waals surface area contributed by atoms with Crippen molar-refractivity contribution in [1.82, 2.24) is 0 Å². The summed E-state index contributed by atoms with van der Waals surface area (Å²) in [6.45, 7) is 21.2. The second-order valence-corrected chi connectivity index (χ2v) is 22.2. The quantitative estimate of drug-likeness (QED) is 0.685. The summed E-state index contributed by atoms with van der Waals surface area (Å²) < 4.78 is 24.9. The molecule has 1 aliphatic heterocycles. The molecule has 1 saturated heterocycles. The van der Waals surface area contributed by atoms with Crippen molar-refractivity contribution in [3.63, 3.8) is 0 Å². The molecule has 0 saturated carbocycles. The van der Waals surface area contributed by atoms with Gasteiger partial charge in [0.15, 0.2) is 25.0 Å². The average molecular weight is 351 g/mol. The first kappa shape index (κ1) is 19.5. The molecule has 0 radical (unpaired) electrons. The third-order valence-electron chi connectivity index (χ3n) is 2.80. The Kier molecular flexibility index (Phi) is 6.46.